The number of hydrogen-bond donors (Lipinski definition) is 1. The van der Waals surface area contributed by atoms with E-state index in [1.807, 2.05) is 30.3 Å². The Morgan fingerprint density at radius 3 is 2.56 bits per heavy atom. The van der Waals surface area contributed by atoms with E-state index in [1.165, 1.54) is 4.90 Å². The number of benzene rings is 1. The zero-order chi connectivity index (χ0) is 18.2. The van der Waals surface area contributed by atoms with Crippen LogP contribution in [0.25, 0.3) is 0 Å². The summed E-state index contributed by atoms with van der Waals surface area (Å²) in [4.78, 5) is 26.9. The van der Waals surface area contributed by atoms with Crippen molar-refractivity contribution in [2.24, 2.45) is 0 Å². The highest BCUT2D eigenvalue weighted by molar-refractivity contribution is 5.88. The molecule has 2 bridgehead atoms. The van der Waals surface area contributed by atoms with E-state index in [-0.39, 0.29) is 13.0 Å². The maximum absolute atomic E-state index is 12.8. The molecule has 1 aromatic carbocycles. The number of hydrogen-bond acceptors (Lipinski definition) is 5. The fourth-order valence-electron chi connectivity index (χ4n) is 3.76. The van der Waals surface area contributed by atoms with Crippen LogP contribution in [0.3, 0.4) is 0 Å². The molecule has 3 atom stereocenters. The molecule has 2 aliphatic heterocycles. The summed E-state index contributed by atoms with van der Waals surface area (Å²) in [7, 11) is 0. The molecule has 1 aromatic rings. The predicted molar refractivity (Wildman–Crippen MR) is 90.7 cm³/mol. The molecule has 136 valence electrons. The Morgan fingerprint density at radius 2 is 1.96 bits per heavy atom. The lowest BCUT2D eigenvalue weighted by Gasteiger charge is -2.34. The lowest BCUT2D eigenvalue weighted by molar-refractivity contribution is -0.166. The van der Waals surface area contributed by atoms with E-state index >= 15 is 0 Å². The average Bonchev–Trinajstić information content (AvgIpc) is 3.05. The third kappa shape index (κ3) is 3.35. The van der Waals surface area contributed by atoms with Crippen LogP contribution >= 0.6 is 0 Å². The Morgan fingerprint density at radius 1 is 1.28 bits per heavy atom. The first-order valence-electron chi connectivity index (χ1n) is 8.64. The molecule has 0 aliphatic carbocycles. The van der Waals surface area contributed by atoms with Crippen LogP contribution in [-0.2, 0) is 20.9 Å². The fraction of sp³-hybridized carbons (Fsp3) is 0.579. The van der Waals surface area contributed by atoms with Crippen molar-refractivity contribution in [3.05, 3.63) is 35.9 Å². The van der Waals surface area contributed by atoms with Crippen LogP contribution in [-0.4, -0.2) is 45.4 Å². The number of rotatable bonds is 3. The van der Waals surface area contributed by atoms with Gasteiger partial charge in [-0.25, -0.2) is 9.59 Å². The molecule has 2 fully saturated rings. The highest BCUT2D eigenvalue weighted by Crippen LogP contribution is 2.48. The molecule has 1 N–H and O–H groups in total. The monoisotopic (exact) mass is 347 g/mol. The van der Waals surface area contributed by atoms with Gasteiger partial charge in [0.15, 0.2) is 0 Å². The summed E-state index contributed by atoms with van der Waals surface area (Å²) in [6.07, 6.45) is -0.0444. The number of carbonyl (C=O) groups is 2. The molecule has 6 nitrogen and oxygen atoms in total. The maximum atomic E-state index is 12.8. The summed E-state index contributed by atoms with van der Waals surface area (Å²) < 4.78 is 10.9. The minimum Gasteiger partial charge on any atom is -0.458 e. The number of aliphatic hydroxyl groups excluding tert-OH is 1. The average molecular weight is 347 g/mol. The standard InChI is InChI=1S/C19H25NO5/c1-18(2,3)25-16(22)19-10-9-14(15(21)11-19)20(19)17(23)24-12-13-7-5-4-6-8-13/h4-8,14-15,21H,9-12H2,1-3H3/t14-,15-,19+/m1/s1. The van der Waals surface area contributed by atoms with E-state index in [4.69, 9.17) is 9.47 Å². The molecule has 0 saturated carbocycles. The highest BCUT2D eigenvalue weighted by Gasteiger charge is 2.64. The number of ether oxygens (including phenoxy) is 2. The van der Waals surface area contributed by atoms with Gasteiger partial charge in [0.2, 0.25) is 0 Å². The smallest absolute Gasteiger partial charge is 0.411 e. The van der Waals surface area contributed by atoms with Crippen LogP contribution in [0.4, 0.5) is 4.79 Å². The van der Waals surface area contributed by atoms with Gasteiger partial charge in [-0.2, -0.15) is 0 Å². The Balaban J connectivity index is 1.76. The first kappa shape index (κ1) is 17.7. The third-order valence-corrected chi connectivity index (χ3v) is 4.82. The first-order valence-corrected chi connectivity index (χ1v) is 8.64. The predicted octanol–water partition coefficient (Wildman–Crippen LogP) is 2.63. The van der Waals surface area contributed by atoms with Gasteiger partial charge in [0.25, 0.3) is 0 Å². The minimum absolute atomic E-state index is 0.128. The number of fused-ring (bicyclic) bond motifs is 2. The zero-order valence-electron chi connectivity index (χ0n) is 14.9. The van der Waals surface area contributed by atoms with Gasteiger partial charge in [-0.1, -0.05) is 30.3 Å². The van der Waals surface area contributed by atoms with E-state index in [0.717, 1.165) is 5.56 Å². The van der Waals surface area contributed by atoms with E-state index in [2.05, 4.69) is 0 Å². The summed E-state index contributed by atoms with van der Waals surface area (Å²) in [5, 5.41) is 10.3. The van der Waals surface area contributed by atoms with Crippen molar-refractivity contribution in [3.8, 4) is 0 Å². The van der Waals surface area contributed by atoms with Crippen LogP contribution in [0.2, 0.25) is 0 Å². The van der Waals surface area contributed by atoms with E-state index in [0.29, 0.717) is 12.8 Å². The molecule has 2 aliphatic rings. The van der Waals surface area contributed by atoms with Gasteiger partial charge in [0.1, 0.15) is 17.7 Å². The summed E-state index contributed by atoms with van der Waals surface area (Å²) >= 11 is 0. The molecule has 25 heavy (non-hydrogen) atoms. The number of carbonyl (C=O) groups excluding carboxylic acids is 2. The molecule has 2 saturated heterocycles. The molecular formula is C19H25NO5. The fourth-order valence-corrected chi connectivity index (χ4v) is 3.76. The second-order valence-electron chi connectivity index (χ2n) is 7.82. The number of nitrogens with zero attached hydrogens (tertiary/aromatic N) is 1. The maximum Gasteiger partial charge on any atom is 0.411 e. The van der Waals surface area contributed by atoms with Gasteiger partial charge in [-0.3, -0.25) is 4.90 Å². The second-order valence-corrected chi connectivity index (χ2v) is 7.82. The molecule has 6 heteroatoms. The van der Waals surface area contributed by atoms with Gasteiger partial charge in [-0.05, 0) is 39.2 Å². The van der Waals surface area contributed by atoms with Crippen molar-refractivity contribution in [1.82, 2.24) is 4.90 Å². The number of aliphatic hydroxyl groups is 1. The first-order chi connectivity index (χ1) is 11.7. The van der Waals surface area contributed by atoms with Gasteiger partial charge in [-0.15, -0.1) is 0 Å². The minimum atomic E-state index is -1.12. The lowest BCUT2D eigenvalue weighted by atomic mass is 9.86. The topological polar surface area (TPSA) is 76.1 Å². The second kappa shape index (κ2) is 6.33. The van der Waals surface area contributed by atoms with Crippen LogP contribution in [0.5, 0.6) is 0 Å². The van der Waals surface area contributed by atoms with Gasteiger partial charge in [0, 0.05) is 6.42 Å². The normalized spacial score (nSPS) is 28.1. The van der Waals surface area contributed by atoms with Crippen LogP contribution in [0.1, 0.15) is 45.6 Å². The SMILES string of the molecule is CC(C)(C)OC(=O)[C@]12CC[C@H]([C@H](O)C1)N2C(=O)OCc1ccccc1. The summed E-state index contributed by atoms with van der Waals surface area (Å²) in [5.41, 5.74) is -0.906. The highest BCUT2D eigenvalue weighted by atomic mass is 16.6. The Hall–Kier alpha value is -2.08. The quantitative estimate of drug-likeness (QED) is 0.851. The van der Waals surface area contributed by atoms with E-state index in [1.54, 1.807) is 20.8 Å². The molecule has 0 unspecified atom stereocenters. The number of amides is 1. The summed E-state index contributed by atoms with van der Waals surface area (Å²) in [5.74, 6) is -0.462. The summed E-state index contributed by atoms with van der Waals surface area (Å²) in [6.45, 7) is 5.50. The summed E-state index contributed by atoms with van der Waals surface area (Å²) in [6, 6.07) is 8.97. The van der Waals surface area contributed by atoms with E-state index < -0.39 is 35.3 Å². The molecule has 3 rings (SSSR count). The lowest BCUT2D eigenvalue weighted by Crippen LogP contribution is -2.53. The van der Waals surface area contributed by atoms with E-state index in [9.17, 15) is 14.7 Å². The van der Waals surface area contributed by atoms with Crippen LogP contribution < -0.4 is 0 Å². The zero-order valence-corrected chi connectivity index (χ0v) is 14.9. The van der Waals surface area contributed by atoms with Crippen molar-refractivity contribution in [2.75, 3.05) is 0 Å². The van der Waals surface area contributed by atoms with Crippen molar-refractivity contribution in [1.29, 1.82) is 0 Å². The molecule has 1 amide bonds. The number of esters is 1. The molecule has 0 aromatic heterocycles. The molecular weight excluding hydrogens is 322 g/mol. The van der Waals surface area contributed by atoms with Gasteiger partial charge in [0.05, 0.1) is 12.1 Å². The molecule has 0 radical (unpaired) electrons. The van der Waals surface area contributed by atoms with Crippen molar-refractivity contribution < 1.29 is 24.2 Å². The Kier molecular flexibility index (Phi) is 4.49. The molecule has 2 heterocycles. The van der Waals surface area contributed by atoms with Crippen molar-refractivity contribution >= 4 is 12.1 Å². The third-order valence-electron chi connectivity index (χ3n) is 4.82. The van der Waals surface area contributed by atoms with Crippen LogP contribution in [0.15, 0.2) is 30.3 Å². The van der Waals surface area contributed by atoms with Crippen molar-refractivity contribution in [2.45, 2.75) is 69.9 Å². The van der Waals surface area contributed by atoms with Crippen LogP contribution in [0, 0.1) is 0 Å². The van der Waals surface area contributed by atoms with Crippen molar-refractivity contribution in [3.63, 3.8) is 0 Å². The molecule has 0 spiro atoms. The Labute approximate surface area is 147 Å². The Bertz CT molecular complexity index is 654. The van der Waals surface area contributed by atoms with Gasteiger partial charge < -0.3 is 14.6 Å². The van der Waals surface area contributed by atoms with Gasteiger partial charge >= 0.3 is 12.1 Å². The largest absolute Gasteiger partial charge is 0.458 e.